The summed E-state index contributed by atoms with van der Waals surface area (Å²) in [4.78, 5) is 16.1. The van der Waals surface area contributed by atoms with Gasteiger partial charge in [-0.3, -0.25) is 4.79 Å². The topological polar surface area (TPSA) is 51.2 Å². The predicted molar refractivity (Wildman–Crippen MR) is 82.4 cm³/mol. The van der Waals surface area contributed by atoms with E-state index >= 15 is 0 Å². The molecule has 1 aromatic carbocycles. The Labute approximate surface area is 126 Å². The average Bonchev–Trinajstić information content (AvgIpc) is 2.89. The number of rotatable bonds is 6. The normalized spacial score (nSPS) is 10.3. The highest BCUT2D eigenvalue weighted by Crippen LogP contribution is 2.21. The molecule has 1 amide bonds. The molecule has 2 rings (SSSR count). The fourth-order valence-corrected chi connectivity index (χ4v) is 3.24. The summed E-state index contributed by atoms with van der Waals surface area (Å²) >= 11 is 3.03. The van der Waals surface area contributed by atoms with E-state index in [-0.39, 0.29) is 5.91 Å². The summed E-state index contributed by atoms with van der Waals surface area (Å²) in [6.45, 7) is 2.46. The fourth-order valence-electron chi connectivity index (χ4n) is 1.56. The average molecular weight is 308 g/mol. The van der Waals surface area contributed by atoms with Gasteiger partial charge in [0.25, 0.3) is 0 Å². The van der Waals surface area contributed by atoms with Crippen LogP contribution >= 0.6 is 23.1 Å². The molecule has 1 aromatic heterocycles. The zero-order valence-corrected chi connectivity index (χ0v) is 13.0. The van der Waals surface area contributed by atoms with Gasteiger partial charge in [0.2, 0.25) is 5.91 Å². The maximum Gasteiger partial charge on any atom is 0.230 e. The highest BCUT2D eigenvalue weighted by atomic mass is 32.2. The molecule has 0 saturated carbocycles. The number of amides is 1. The summed E-state index contributed by atoms with van der Waals surface area (Å²) in [7, 11) is 1.63. The molecule has 1 N–H and O–H groups in total. The zero-order valence-electron chi connectivity index (χ0n) is 11.4. The molecule has 0 unspecified atom stereocenters. The number of nitrogens with one attached hydrogen (secondary N) is 1. The number of carbonyl (C=O) groups excluding carboxylic acids is 1. The van der Waals surface area contributed by atoms with Crippen molar-refractivity contribution in [1.82, 2.24) is 10.3 Å². The van der Waals surface area contributed by atoms with Gasteiger partial charge in [0.05, 0.1) is 12.9 Å². The minimum absolute atomic E-state index is 0.00525. The van der Waals surface area contributed by atoms with Crippen LogP contribution in [0.15, 0.2) is 34.0 Å². The Hall–Kier alpha value is -1.53. The van der Waals surface area contributed by atoms with E-state index in [1.54, 1.807) is 18.4 Å². The monoisotopic (exact) mass is 308 g/mol. The Balaban J connectivity index is 1.77. The molecule has 0 radical (unpaired) electrons. The van der Waals surface area contributed by atoms with Crippen LogP contribution in [0.4, 0.5) is 0 Å². The number of aromatic nitrogens is 1. The van der Waals surface area contributed by atoms with Crippen molar-refractivity contribution in [1.29, 1.82) is 0 Å². The molecular weight excluding hydrogens is 292 g/mol. The number of hydrogen-bond donors (Lipinski definition) is 1. The van der Waals surface area contributed by atoms with Crippen molar-refractivity contribution < 1.29 is 9.53 Å². The largest absolute Gasteiger partial charge is 0.497 e. The van der Waals surface area contributed by atoms with Crippen LogP contribution in [0, 0.1) is 6.92 Å². The Morgan fingerprint density at radius 1 is 1.50 bits per heavy atom. The quantitative estimate of drug-likeness (QED) is 0.834. The van der Waals surface area contributed by atoms with Crippen molar-refractivity contribution in [2.45, 2.75) is 17.8 Å². The number of ether oxygens (including phenoxy) is 1. The van der Waals surface area contributed by atoms with E-state index in [1.807, 2.05) is 36.6 Å². The first-order chi connectivity index (χ1) is 9.67. The number of carbonyl (C=O) groups is 1. The first kappa shape index (κ1) is 14.9. The van der Waals surface area contributed by atoms with Gasteiger partial charge >= 0.3 is 0 Å². The molecular formula is C14H16N2O2S2. The molecule has 0 aliphatic rings. The molecule has 0 aliphatic carbocycles. The summed E-state index contributed by atoms with van der Waals surface area (Å²) in [6.07, 6.45) is 0. The second-order valence-corrected chi connectivity index (χ2v) is 6.25. The van der Waals surface area contributed by atoms with E-state index in [2.05, 4.69) is 10.3 Å². The van der Waals surface area contributed by atoms with Crippen LogP contribution in [0.3, 0.4) is 0 Å². The van der Waals surface area contributed by atoms with Crippen molar-refractivity contribution in [2.75, 3.05) is 12.9 Å². The number of thioether (sulfide) groups is 1. The Morgan fingerprint density at radius 3 is 3.05 bits per heavy atom. The molecule has 20 heavy (non-hydrogen) atoms. The lowest BCUT2D eigenvalue weighted by atomic mass is 10.2. The molecule has 4 nitrogen and oxygen atoms in total. The smallest absolute Gasteiger partial charge is 0.230 e. The summed E-state index contributed by atoms with van der Waals surface area (Å²) in [6, 6.07) is 7.66. The molecule has 0 fully saturated rings. The molecule has 0 aliphatic heterocycles. The standard InChI is InChI=1S/C14H16N2O2S2/c1-10-8-19-14(16-10)20-9-13(17)15-7-11-4-3-5-12(6-11)18-2/h3-6,8H,7,9H2,1-2H3,(H,15,17). The molecule has 1 heterocycles. The second kappa shape index (κ2) is 7.31. The van der Waals surface area contributed by atoms with Crippen LogP contribution in [0.25, 0.3) is 0 Å². The van der Waals surface area contributed by atoms with E-state index < -0.39 is 0 Å². The molecule has 0 spiro atoms. The van der Waals surface area contributed by atoms with Crippen LogP contribution in [-0.2, 0) is 11.3 Å². The second-order valence-electron chi connectivity index (χ2n) is 4.17. The van der Waals surface area contributed by atoms with Gasteiger partial charge in [0, 0.05) is 17.6 Å². The van der Waals surface area contributed by atoms with Crippen molar-refractivity contribution in [3.05, 3.63) is 40.9 Å². The SMILES string of the molecule is COc1cccc(CNC(=O)CSc2nc(C)cs2)c1. The highest BCUT2D eigenvalue weighted by molar-refractivity contribution is 8.01. The molecule has 6 heteroatoms. The van der Waals surface area contributed by atoms with E-state index in [0.29, 0.717) is 12.3 Å². The van der Waals surface area contributed by atoms with E-state index in [4.69, 9.17) is 4.74 Å². The zero-order chi connectivity index (χ0) is 14.4. The van der Waals surface area contributed by atoms with Gasteiger partial charge in [0.15, 0.2) is 4.34 Å². The summed E-state index contributed by atoms with van der Waals surface area (Å²) in [5.41, 5.74) is 2.02. The first-order valence-corrected chi connectivity index (χ1v) is 7.98. The maximum atomic E-state index is 11.8. The summed E-state index contributed by atoms with van der Waals surface area (Å²) in [5.74, 6) is 1.19. The molecule has 2 aromatic rings. The van der Waals surface area contributed by atoms with Crippen molar-refractivity contribution >= 4 is 29.0 Å². The number of methoxy groups -OCH3 is 1. The maximum absolute atomic E-state index is 11.8. The third kappa shape index (κ3) is 4.54. The Bertz CT molecular complexity index is 584. The van der Waals surface area contributed by atoms with E-state index in [9.17, 15) is 4.79 Å². The molecule has 0 atom stereocenters. The minimum Gasteiger partial charge on any atom is -0.497 e. The van der Waals surface area contributed by atoms with Gasteiger partial charge in [0.1, 0.15) is 5.75 Å². The van der Waals surface area contributed by atoms with Gasteiger partial charge < -0.3 is 10.1 Å². The number of nitrogens with zero attached hydrogens (tertiary/aromatic N) is 1. The number of hydrogen-bond acceptors (Lipinski definition) is 5. The van der Waals surface area contributed by atoms with Crippen LogP contribution in [-0.4, -0.2) is 23.8 Å². The van der Waals surface area contributed by atoms with E-state index in [1.165, 1.54) is 11.8 Å². The van der Waals surface area contributed by atoms with Crippen molar-refractivity contribution in [3.63, 3.8) is 0 Å². The lowest BCUT2D eigenvalue weighted by Crippen LogP contribution is -2.24. The lowest BCUT2D eigenvalue weighted by Gasteiger charge is -2.06. The number of aryl methyl sites for hydroxylation is 1. The Morgan fingerprint density at radius 2 is 2.35 bits per heavy atom. The van der Waals surface area contributed by atoms with Crippen LogP contribution in [0.2, 0.25) is 0 Å². The first-order valence-electron chi connectivity index (χ1n) is 6.12. The van der Waals surface area contributed by atoms with Gasteiger partial charge in [-0.25, -0.2) is 4.98 Å². The molecule has 0 bridgehead atoms. The predicted octanol–water partition coefficient (Wildman–Crippen LogP) is 2.87. The number of benzene rings is 1. The number of thiazole rings is 1. The van der Waals surface area contributed by atoms with Gasteiger partial charge in [-0.2, -0.15) is 0 Å². The van der Waals surface area contributed by atoms with Gasteiger partial charge in [-0.05, 0) is 24.6 Å². The van der Waals surface area contributed by atoms with Crippen LogP contribution in [0.5, 0.6) is 5.75 Å². The molecule has 0 saturated heterocycles. The third-order valence-corrected chi connectivity index (χ3v) is 4.69. The van der Waals surface area contributed by atoms with Crippen molar-refractivity contribution in [3.8, 4) is 5.75 Å². The Kier molecular flexibility index (Phi) is 5.43. The highest BCUT2D eigenvalue weighted by Gasteiger charge is 2.05. The summed E-state index contributed by atoms with van der Waals surface area (Å²) in [5, 5.41) is 4.87. The van der Waals surface area contributed by atoms with Gasteiger partial charge in [-0.1, -0.05) is 23.9 Å². The van der Waals surface area contributed by atoms with Gasteiger partial charge in [-0.15, -0.1) is 11.3 Å². The van der Waals surface area contributed by atoms with E-state index in [0.717, 1.165) is 21.3 Å². The molecule has 106 valence electrons. The van der Waals surface area contributed by atoms with Crippen LogP contribution < -0.4 is 10.1 Å². The van der Waals surface area contributed by atoms with Crippen molar-refractivity contribution in [2.24, 2.45) is 0 Å². The minimum atomic E-state index is 0.00525. The summed E-state index contributed by atoms with van der Waals surface area (Å²) < 4.78 is 6.08. The lowest BCUT2D eigenvalue weighted by molar-refractivity contribution is -0.118. The fraction of sp³-hybridized carbons (Fsp3) is 0.286. The third-order valence-electron chi connectivity index (χ3n) is 2.55. The van der Waals surface area contributed by atoms with Crippen LogP contribution in [0.1, 0.15) is 11.3 Å².